The summed E-state index contributed by atoms with van der Waals surface area (Å²) in [5.74, 6) is -0.0779. The Morgan fingerprint density at radius 1 is 1.24 bits per heavy atom. The molecule has 1 N–H and O–H groups in total. The lowest BCUT2D eigenvalue weighted by Gasteiger charge is -2.32. The van der Waals surface area contributed by atoms with Gasteiger partial charge >= 0.3 is 0 Å². The normalized spacial score (nSPS) is 25.1. The summed E-state index contributed by atoms with van der Waals surface area (Å²) >= 11 is 5.56. The highest BCUT2D eigenvalue weighted by Crippen LogP contribution is 2.20. The summed E-state index contributed by atoms with van der Waals surface area (Å²) in [6.07, 6.45) is 1.66. The van der Waals surface area contributed by atoms with Crippen LogP contribution in [0.4, 0.5) is 0 Å². The standard InChI is InChI=1S/C11H18ClN3O2/c12-8-10(16)15-5-1-2-9(15)11(17)14-6-3-13-4-7-14/h9,13H,1-8H2. The highest BCUT2D eigenvalue weighted by atomic mass is 35.5. The summed E-state index contributed by atoms with van der Waals surface area (Å²) in [4.78, 5) is 27.4. The average molecular weight is 260 g/mol. The number of alkyl halides is 1. The van der Waals surface area contributed by atoms with Crippen molar-refractivity contribution >= 4 is 23.4 Å². The predicted octanol–water partition coefficient (Wildman–Crippen LogP) is -0.352. The van der Waals surface area contributed by atoms with E-state index in [1.165, 1.54) is 0 Å². The van der Waals surface area contributed by atoms with E-state index < -0.39 is 0 Å². The molecule has 0 saturated carbocycles. The first-order valence-electron chi connectivity index (χ1n) is 6.09. The number of halogens is 1. The SMILES string of the molecule is O=C(C1CCCN1C(=O)CCl)N1CCNCC1. The molecule has 0 aliphatic carbocycles. The second-order valence-corrected chi connectivity index (χ2v) is 4.72. The summed E-state index contributed by atoms with van der Waals surface area (Å²) in [5.41, 5.74) is 0. The van der Waals surface area contributed by atoms with Gasteiger partial charge in [-0.3, -0.25) is 9.59 Å². The van der Waals surface area contributed by atoms with Gasteiger partial charge in [-0.15, -0.1) is 11.6 Å². The number of nitrogens with zero attached hydrogens (tertiary/aromatic N) is 2. The molecule has 6 heteroatoms. The van der Waals surface area contributed by atoms with Crippen LogP contribution in [0, 0.1) is 0 Å². The summed E-state index contributed by atoms with van der Waals surface area (Å²) in [6, 6.07) is -0.278. The lowest BCUT2D eigenvalue weighted by Crippen LogP contribution is -2.53. The van der Waals surface area contributed by atoms with E-state index in [0.717, 1.165) is 39.0 Å². The Morgan fingerprint density at radius 2 is 1.94 bits per heavy atom. The number of hydrogen-bond donors (Lipinski definition) is 1. The number of rotatable bonds is 2. The lowest BCUT2D eigenvalue weighted by atomic mass is 10.1. The fourth-order valence-corrected chi connectivity index (χ4v) is 2.65. The van der Waals surface area contributed by atoms with E-state index in [1.54, 1.807) is 4.90 Å². The first-order valence-corrected chi connectivity index (χ1v) is 6.62. The van der Waals surface area contributed by atoms with Crippen LogP contribution in [-0.2, 0) is 9.59 Å². The Labute approximate surface area is 106 Å². The molecule has 0 radical (unpaired) electrons. The maximum absolute atomic E-state index is 12.3. The topological polar surface area (TPSA) is 52.7 Å². The van der Waals surface area contributed by atoms with Crippen molar-refractivity contribution < 1.29 is 9.59 Å². The Kier molecular flexibility index (Phi) is 4.23. The van der Waals surface area contributed by atoms with Crippen LogP contribution >= 0.6 is 11.6 Å². The Balaban J connectivity index is 1.99. The molecule has 5 nitrogen and oxygen atoms in total. The highest BCUT2D eigenvalue weighted by Gasteiger charge is 2.36. The van der Waals surface area contributed by atoms with E-state index in [1.807, 2.05) is 4.90 Å². The Morgan fingerprint density at radius 3 is 2.59 bits per heavy atom. The van der Waals surface area contributed by atoms with Gasteiger partial charge in [-0.05, 0) is 12.8 Å². The second-order valence-electron chi connectivity index (χ2n) is 4.45. The van der Waals surface area contributed by atoms with Crippen LogP contribution in [0.5, 0.6) is 0 Å². The molecule has 0 aromatic rings. The van der Waals surface area contributed by atoms with Crippen LogP contribution in [0.25, 0.3) is 0 Å². The van der Waals surface area contributed by atoms with Crippen molar-refractivity contribution in [1.82, 2.24) is 15.1 Å². The zero-order valence-corrected chi connectivity index (χ0v) is 10.6. The molecule has 17 heavy (non-hydrogen) atoms. The van der Waals surface area contributed by atoms with Gasteiger partial charge in [0.2, 0.25) is 11.8 Å². The molecule has 2 aliphatic rings. The molecule has 0 bridgehead atoms. The molecule has 96 valence electrons. The van der Waals surface area contributed by atoms with Crippen molar-refractivity contribution in [3.05, 3.63) is 0 Å². The van der Waals surface area contributed by atoms with Gasteiger partial charge in [-0.2, -0.15) is 0 Å². The number of hydrogen-bond acceptors (Lipinski definition) is 3. The molecular formula is C11H18ClN3O2. The van der Waals surface area contributed by atoms with Gasteiger partial charge in [0.05, 0.1) is 0 Å². The number of carbonyl (C=O) groups is 2. The Bertz CT molecular complexity index is 305. The monoisotopic (exact) mass is 259 g/mol. The van der Waals surface area contributed by atoms with Crippen LogP contribution in [-0.4, -0.2) is 66.3 Å². The zero-order chi connectivity index (χ0) is 12.3. The number of carbonyl (C=O) groups excluding carboxylic acids is 2. The molecular weight excluding hydrogens is 242 g/mol. The Hall–Kier alpha value is -0.810. The minimum Gasteiger partial charge on any atom is -0.338 e. The molecule has 1 unspecified atom stereocenters. The molecule has 1 atom stereocenters. The van der Waals surface area contributed by atoms with E-state index in [2.05, 4.69) is 5.32 Å². The quantitative estimate of drug-likeness (QED) is 0.690. The first-order chi connectivity index (χ1) is 8.24. The summed E-state index contributed by atoms with van der Waals surface area (Å²) < 4.78 is 0. The molecule has 0 aromatic heterocycles. The average Bonchev–Trinajstić information content (AvgIpc) is 2.87. The molecule has 2 aliphatic heterocycles. The molecule has 0 aromatic carbocycles. The van der Waals surface area contributed by atoms with Crippen LogP contribution in [0.1, 0.15) is 12.8 Å². The lowest BCUT2D eigenvalue weighted by molar-refractivity contribution is -0.143. The highest BCUT2D eigenvalue weighted by molar-refractivity contribution is 6.27. The van der Waals surface area contributed by atoms with Gasteiger partial charge in [-0.25, -0.2) is 0 Å². The fourth-order valence-electron chi connectivity index (χ4n) is 2.49. The van der Waals surface area contributed by atoms with Gasteiger partial charge in [-0.1, -0.05) is 0 Å². The van der Waals surface area contributed by atoms with Gasteiger partial charge in [0.1, 0.15) is 11.9 Å². The van der Waals surface area contributed by atoms with Gasteiger partial charge in [0.15, 0.2) is 0 Å². The van der Waals surface area contributed by atoms with Crippen molar-refractivity contribution in [2.24, 2.45) is 0 Å². The third-order valence-electron chi connectivity index (χ3n) is 3.40. The molecule has 0 spiro atoms. The minimum absolute atomic E-state index is 0.0364. The van der Waals surface area contributed by atoms with Crippen molar-refractivity contribution in [2.45, 2.75) is 18.9 Å². The smallest absolute Gasteiger partial charge is 0.245 e. The fraction of sp³-hybridized carbons (Fsp3) is 0.818. The molecule has 2 amide bonds. The van der Waals surface area contributed by atoms with Crippen LogP contribution in [0.3, 0.4) is 0 Å². The molecule has 2 saturated heterocycles. The zero-order valence-electron chi connectivity index (χ0n) is 9.82. The van der Waals surface area contributed by atoms with Crippen LogP contribution < -0.4 is 5.32 Å². The van der Waals surface area contributed by atoms with Crippen LogP contribution in [0.2, 0.25) is 0 Å². The van der Waals surface area contributed by atoms with Gasteiger partial charge < -0.3 is 15.1 Å². The number of piperazine rings is 1. The van der Waals surface area contributed by atoms with E-state index >= 15 is 0 Å². The summed E-state index contributed by atoms with van der Waals surface area (Å²) in [6.45, 7) is 3.80. The molecule has 2 rings (SSSR count). The van der Waals surface area contributed by atoms with Gasteiger partial charge in [0.25, 0.3) is 0 Å². The minimum atomic E-state index is -0.278. The second kappa shape index (κ2) is 5.69. The van der Waals surface area contributed by atoms with E-state index in [4.69, 9.17) is 11.6 Å². The molecule has 2 heterocycles. The van der Waals surface area contributed by atoms with E-state index in [-0.39, 0.29) is 23.7 Å². The van der Waals surface area contributed by atoms with E-state index in [0.29, 0.717) is 6.54 Å². The molecule has 2 fully saturated rings. The third-order valence-corrected chi connectivity index (χ3v) is 3.63. The van der Waals surface area contributed by atoms with Crippen molar-refractivity contribution in [1.29, 1.82) is 0 Å². The number of likely N-dealkylation sites (tertiary alicyclic amines) is 1. The number of amides is 2. The number of nitrogens with one attached hydrogen (secondary N) is 1. The van der Waals surface area contributed by atoms with Crippen LogP contribution in [0.15, 0.2) is 0 Å². The van der Waals surface area contributed by atoms with Gasteiger partial charge in [0, 0.05) is 32.7 Å². The maximum Gasteiger partial charge on any atom is 0.245 e. The van der Waals surface area contributed by atoms with Crippen molar-refractivity contribution in [3.63, 3.8) is 0 Å². The maximum atomic E-state index is 12.3. The van der Waals surface area contributed by atoms with Crippen molar-refractivity contribution in [2.75, 3.05) is 38.6 Å². The predicted molar refractivity (Wildman–Crippen MR) is 64.9 cm³/mol. The first kappa shape index (κ1) is 12.6. The van der Waals surface area contributed by atoms with E-state index in [9.17, 15) is 9.59 Å². The summed E-state index contributed by atoms with van der Waals surface area (Å²) in [7, 11) is 0. The van der Waals surface area contributed by atoms with Crippen molar-refractivity contribution in [3.8, 4) is 0 Å². The largest absolute Gasteiger partial charge is 0.338 e. The summed E-state index contributed by atoms with van der Waals surface area (Å²) in [5, 5.41) is 3.21. The third kappa shape index (κ3) is 2.72.